The molecule has 0 spiro atoms. The van der Waals surface area contributed by atoms with Crippen LogP contribution >= 0.6 is 0 Å². The molecule has 0 amide bonds. The van der Waals surface area contributed by atoms with Crippen molar-refractivity contribution in [3.63, 3.8) is 0 Å². The van der Waals surface area contributed by atoms with E-state index in [0.717, 1.165) is 61.9 Å². The summed E-state index contributed by atoms with van der Waals surface area (Å²) in [4.78, 5) is 10.8. The minimum absolute atomic E-state index is 0. The second-order valence-corrected chi connectivity index (χ2v) is 14.1. The monoisotopic (exact) mass is 752 g/mol. The molecule has 0 unspecified atom stereocenters. The standard InChI is InChI=1S/C39H62N2.C8H10O2.Ni/c1-7-13-15-16-17-19-25-39(41-37-29-27-33(21-10-4)35(31-37)23-12-6)38(24-18-14-8-2)40-36-28-26-32(20-9-3)34(30-36)22-11-5;1-2-6-3-4-7(9)8(10)5-6;/h26-31H,7-25H2,1-6H3;3-5,9-10H,2H2,1H3;/q;;+2/p-2. The van der Waals surface area contributed by atoms with Crippen LogP contribution in [0.1, 0.15) is 173 Å². The summed E-state index contributed by atoms with van der Waals surface area (Å²) >= 11 is 0. The number of rotatable bonds is 23. The van der Waals surface area contributed by atoms with Gasteiger partial charge in [0.1, 0.15) is 0 Å². The molecule has 0 aliphatic carbocycles. The van der Waals surface area contributed by atoms with Crippen molar-refractivity contribution in [1.29, 1.82) is 0 Å². The average Bonchev–Trinajstić information content (AvgIpc) is 3.13. The van der Waals surface area contributed by atoms with E-state index in [-0.39, 0.29) is 16.5 Å². The number of hydrogen-bond acceptors (Lipinski definition) is 4. The first kappa shape index (κ1) is 47.1. The van der Waals surface area contributed by atoms with Gasteiger partial charge in [-0.2, -0.15) is 0 Å². The van der Waals surface area contributed by atoms with Gasteiger partial charge < -0.3 is 10.2 Å². The number of benzene rings is 3. The summed E-state index contributed by atoms with van der Waals surface area (Å²) in [6.07, 6.45) is 23.6. The van der Waals surface area contributed by atoms with Gasteiger partial charge in [0.2, 0.25) is 0 Å². The van der Waals surface area contributed by atoms with E-state index in [0.29, 0.717) is 0 Å². The maximum atomic E-state index is 10.7. The van der Waals surface area contributed by atoms with E-state index in [4.69, 9.17) is 9.98 Å². The van der Waals surface area contributed by atoms with Crippen molar-refractivity contribution in [3.05, 3.63) is 82.4 Å². The van der Waals surface area contributed by atoms with Crippen LogP contribution in [0.15, 0.2) is 64.6 Å². The Labute approximate surface area is 329 Å². The molecule has 5 heteroatoms. The molecular formula is C47H70N2NiO2. The Bertz CT molecular complexity index is 1460. The fourth-order valence-corrected chi connectivity index (χ4v) is 6.62. The number of aryl methyl sites for hydroxylation is 5. The number of aliphatic imine (C=N–C) groups is 2. The molecule has 0 N–H and O–H groups in total. The minimum atomic E-state index is -0.419. The topological polar surface area (TPSA) is 70.8 Å². The molecule has 3 rings (SSSR count). The summed E-state index contributed by atoms with van der Waals surface area (Å²) in [5.41, 5.74) is 11.5. The van der Waals surface area contributed by atoms with Crippen molar-refractivity contribution in [3.8, 4) is 11.5 Å². The molecule has 0 aromatic heterocycles. The van der Waals surface area contributed by atoms with Gasteiger partial charge in [-0.25, -0.2) is 0 Å². The fourth-order valence-electron chi connectivity index (χ4n) is 6.62. The van der Waals surface area contributed by atoms with E-state index in [1.807, 2.05) is 6.92 Å². The molecule has 0 heterocycles. The molecule has 0 saturated heterocycles. The third-order valence-corrected chi connectivity index (χ3v) is 9.52. The molecule has 3 aromatic rings. The Morgan fingerprint density at radius 3 is 1.31 bits per heavy atom. The van der Waals surface area contributed by atoms with Crippen LogP contribution < -0.4 is 10.2 Å². The summed E-state index contributed by atoms with van der Waals surface area (Å²) in [6.45, 7) is 15.7. The first-order valence-electron chi connectivity index (χ1n) is 20.7. The van der Waals surface area contributed by atoms with Gasteiger partial charge >= 0.3 is 16.5 Å². The number of unbranched alkanes of at least 4 members (excludes halogenated alkanes) is 7. The summed E-state index contributed by atoms with van der Waals surface area (Å²) in [6, 6.07) is 18.3. The summed E-state index contributed by atoms with van der Waals surface area (Å²) < 4.78 is 0. The summed E-state index contributed by atoms with van der Waals surface area (Å²) in [5.74, 6) is -0.823. The van der Waals surface area contributed by atoms with Gasteiger partial charge in [-0.05, 0) is 110 Å². The molecule has 3 aromatic carbocycles. The van der Waals surface area contributed by atoms with E-state index in [9.17, 15) is 10.2 Å². The molecule has 4 nitrogen and oxygen atoms in total. The van der Waals surface area contributed by atoms with Crippen molar-refractivity contribution in [2.24, 2.45) is 9.98 Å². The van der Waals surface area contributed by atoms with Gasteiger partial charge in [0.25, 0.3) is 0 Å². The predicted molar refractivity (Wildman–Crippen MR) is 220 cm³/mol. The average molecular weight is 754 g/mol. The summed E-state index contributed by atoms with van der Waals surface area (Å²) in [5, 5.41) is 21.3. The smallest absolute Gasteiger partial charge is 0.873 e. The molecule has 0 fully saturated rings. The van der Waals surface area contributed by atoms with Crippen molar-refractivity contribution in [1.82, 2.24) is 0 Å². The minimum Gasteiger partial charge on any atom is -0.873 e. The zero-order chi connectivity index (χ0) is 37.3. The molecule has 0 saturated carbocycles. The Morgan fingerprint density at radius 2 is 0.865 bits per heavy atom. The molecule has 0 aliphatic rings. The van der Waals surface area contributed by atoms with Gasteiger partial charge in [0.15, 0.2) is 0 Å². The first-order chi connectivity index (χ1) is 24.8. The zero-order valence-electron chi connectivity index (χ0n) is 33.9. The molecule has 0 aliphatic heterocycles. The quantitative estimate of drug-likeness (QED) is 0.0549. The first-order valence-corrected chi connectivity index (χ1v) is 20.7. The van der Waals surface area contributed by atoms with Crippen LogP contribution in [0.4, 0.5) is 11.4 Å². The van der Waals surface area contributed by atoms with Crippen LogP contribution in [-0.2, 0) is 48.6 Å². The molecule has 52 heavy (non-hydrogen) atoms. The predicted octanol–water partition coefficient (Wildman–Crippen LogP) is 13.1. The Morgan fingerprint density at radius 1 is 0.442 bits per heavy atom. The van der Waals surface area contributed by atoms with E-state index in [1.165, 1.54) is 129 Å². The molecule has 0 bridgehead atoms. The van der Waals surface area contributed by atoms with E-state index in [1.54, 1.807) is 6.07 Å². The maximum absolute atomic E-state index is 10.7. The molecule has 290 valence electrons. The van der Waals surface area contributed by atoms with Crippen LogP contribution in [0.3, 0.4) is 0 Å². The Balaban J connectivity index is 0.00000105. The van der Waals surface area contributed by atoms with Crippen LogP contribution in [-0.4, -0.2) is 11.4 Å². The maximum Gasteiger partial charge on any atom is 2.00 e. The third kappa shape index (κ3) is 17.7. The van der Waals surface area contributed by atoms with E-state index >= 15 is 0 Å². The van der Waals surface area contributed by atoms with Gasteiger partial charge in [-0.15, -0.1) is 11.5 Å². The normalized spacial score (nSPS) is 11.6. The molecule has 0 atom stereocenters. The fraction of sp³-hybridized carbons (Fsp3) is 0.574. The SMILES string of the molecule is CCCCCCCCC(=Nc1ccc(CCC)c(CCC)c1)C(CCCCC)=Nc1ccc(CCC)c(CCC)c1.CCc1ccc([O-])c([O-])c1.[Ni+2]. The van der Waals surface area contributed by atoms with E-state index in [2.05, 4.69) is 77.9 Å². The number of hydrogen-bond donors (Lipinski definition) is 0. The van der Waals surface area contributed by atoms with Gasteiger partial charge in [-0.1, -0.05) is 149 Å². The van der Waals surface area contributed by atoms with Crippen molar-refractivity contribution >= 4 is 22.8 Å². The molecular weight excluding hydrogens is 683 g/mol. The molecule has 0 radical (unpaired) electrons. The van der Waals surface area contributed by atoms with Gasteiger partial charge in [-0.3, -0.25) is 9.98 Å². The Hall–Kier alpha value is -2.91. The van der Waals surface area contributed by atoms with Crippen LogP contribution in [0.2, 0.25) is 0 Å². The van der Waals surface area contributed by atoms with Gasteiger partial charge in [0, 0.05) is 0 Å². The van der Waals surface area contributed by atoms with E-state index < -0.39 is 11.5 Å². The second-order valence-electron chi connectivity index (χ2n) is 14.1. The van der Waals surface area contributed by atoms with Crippen molar-refractivity contribution in [2.75, 3.05) is 0 Å². The van der Waals surface area contributed by atoms with Gasteiger partial charge in [0.05, 0.1) is 22.8 Å². The van der Waals surface area contributed by atoms with Crippen molar-refractivity contribution < 1.29 is 26.7 Å². The van der Waals surface area contributed by atoms with Crippen LogP contribution in [0.25, 0.3) is 0 Å². The van der Waals surface area contributed by atoms with Crippen LogP contribution in [0.5, 0.6) is 11.5 Å². The zero-order valence-corrected chi connectivity index (χ0v) is 34.9. The van der Waals surface area contributed by atoms with Crippen molar-refractivity contribution in [2.45, 2.75) is 177 Å². The third-order valence-electron chi connectivity index (χ3n) is 9.52. The number of nitrogens with zero attached hydrogens (tertiary/aromatic N) is 2. The van der Waals surface area contributed by atoms with Crippen LogP contribution in [0, 0.1) is 0 Å². The Kier molecular flexibility index (Phi) is 25.9. The second kappa shape index (κ2) is 28.6. The largest absolute Gasteiger partial charge is 2.00 e. The summed E-state index contributed by atoms with van der Waals surface area (Å²) in [7, 11) is 0.